The molecule has 0 unspecified atom stereocenters. The van der Waals surface area contributed by atoms with Gasteiger partial charge in [-0.15, -0.1) is 0 Å². The van der Waals surface area contributed by atoms with Crippen molar-refractivity contribution in [2.45, 2.75) is 0 Å². The number of hydrogen-bond acceptors (Lipinski definition) is 3. The smallest absolute Gasteiger partial charge is 0.259 e. The van der Waals surface area contributed by atoms with Crippen molar-refractivity contribution in [3.8, 4) is 5.75 Å². The van der Waals surface area contributed by atoms with E-state index in [2.05, 4.69) is 42.2 Å². The van der Waals surface area contributed by atoms with Crippen LogP contribution in [0.15, 0.2) is 45.6 Å². The lowest BCUT2D eigenvalue weighted by atomic mass is 10.2. The van der Waals surface area contributed by atoms with Crippen LogP contribution in [0.25, 0.3) is 0 Å². The van der Waals surface area contributed by atoms with Crippen molar-refractivity contribution in [2.75, 3.05) is 12.4 Å². The molecule has 0 bridgehead atoms. The van der Waals surface area contributed by atoms with Gasteiger partial charge < -0.3 is 10.1 Å². The molecule has 0 atom stereocenters. The molecule has 1 amide bonds. The van der Waals surface area contributed by atoms with E-state index >= 15 is 0 Å². The SMILES string of the molecule is COc1ccc(Br)cc1C(=O)Nc1ccc(Br)nc1. The van der Waals surface area contributed by atoms with Gasteiger partial charge in [-0.2, -0.15) is 0 Å². The number of nitrogens with zero attached hydrogens (tertiary/aromatic N) is 1. The first kappa shape index (κ1) is 14.0. The molecule has 0 aliphatic heterocycles. The van der Waals surface area contributed by atoms with Gasteiger partial charge in [0.2, 0.25) is 0 Å². The first-order chi connectivity index (χ1) is 9.10. The van der Waals surface area contributed by atoms with Crippen LogP contribution in [0.4, 0.5) is 5.69 Å². The Balaban J connectivity index is 2.24. The molecule has 1 heterocycles. The van der Waals surface area contributed by atoms with Gasteiger partial charge in [0.05, 0.1) is 24.6 Å². The van der Waals surface area contributed by atoms with Gasteiger partial charge in [0.1, 0.15) is 10.4 Å². The molecule has 19 heavy (non-hydrogen) atoms. The molecule has 0 aliphatic carbocycles. The highest BCUT2D eigenvalue weighted by atomic mass is 79.9. The summed E-state index contributed by atoms with van der Waals surface area (Å²) in [6.07, 6.45) is 1.58. The van der Waals surface area contributed by atoms with Crippen molar-refractivity contribution in [1.29, 1.82) is 0 Å². The summed E-state index contributed by atoms with van der Waals surface area (Å²) < 4.78 is 6.70. The van der Waals surface area contributed by atoms with Gasteiger partial charge in [-0.05, 0) is 46.3 Å². The van der Waals surface area contributed by atoms with Gasteiger partial charge in [0, 0.05) is 4.47 Å². The Morgan fingerprint density at radius 1 is 1.26 bits per heavy atom. The van der Waals surface area contributed by atoms with E-state index in [1.807, 2.05) is 6.07 Å². The molecule has 0 saturated heterocycles. The minimum atomic E-state index is -0.248. The third kappa shape index (κ3) is 3.54. The summed E-state index contributed by atoms with van der Waals surface area (Å²) in [5.41, 5.74) is 1.08. The van der Waals surface area contributed by atoms with Gasteiger partial charge in [0.15, 0.2) is 0 Å². The number of carbonyl (C=O) groups is 1. The second-order valence-electron chi connectivity index (χ2n) is 3.67. The summed E-state index contributed by atoms with van der Waals surface area (Å²) in [4.78, 5) is 16.2. The highest BCUT2D eigenvalue weighted by Gasteiger charge is 2.13. The van der Waals surface area contributed by atoms with Crippen LogP contribution in [0.1, 0.15) is 10.4 Å². The quantitative estimate of drug-likeness (QED) is 0.816. The molecular weight excluding hydrogens is 376 g/mol. The van der Waals surface area contributed by atoms with Gasteiger partial charge in [-0.3, -0.25) is 4.79 Å². The van der Waals surface area contributed by atoms with E-state index in [-0.39, 0.29) is 5.91 Å². The number of nitrogens with one attached hydrogen (secondary N) is 1. The highest BCUT2D eigenvalue weighted by Crippen LogP contribution is 2.24. The lowest BCUT2D eigenvalue weighted by Crippen LogP contribution is -2.13. The average Bonchev–Trinajstić information content (AvgIpc) is 2.41. The number of benzene rings is 1. The molecule has 1 aromatic heterocycles. The fraction of sp³-hybridized carbons (Fsp3) is 0.0769. The van der Waals surface area contributed by atoms with Gasteiger partial charge in [-0.1, -0.05) is 15.9 Å². The Hall–Kier alpha value is -1.40. The zero-order valence-corrected chi connectivity index (χ0v) is 13.2. The average molecular weight is 386 g/mol. The summed E-state index contributed by atoms with van der Waals surface area (Å²) in [6, 6.07) is 8.78. The maximum Gasteiger partial charge on any atom is 0.259 e. The van der Waals surface area contributed by atoms with Gasteiger partial charge in [-0.25, -0.2) is 4.98 Å². The lowest BCUT2D eigenvalue weighted by Gasteiger charge is -2.09. The largest absolute Gasteiger partial charge is 0.496 e. The molecule has 0 spiro atoms. The van der Waals surface area contributed by atoms with Gasteiger partial charge in [0.25, 0.3) is 5.91 Å². The van der Waals surface area contributed by atoms with Crippen LogP contribution in [0.3, 0.4) is 0 Å². The predicted octanol–water partition coefficient (Wildman–Crippen LogP) is 3.87. The number of methoxy groups -OCH3 is 1. The standard InChI is InChI=1S/C13H10Br2N2O2/c1-19-11-4-2-8(14)6-10(11)13(18)17-9-3-5-12(15)16-7-9/h2-7H,1H3,(H,17,18). The Kier molecular flexibility index (Phi) is 4.55. The Morgan fingerprint density at radius 2 is 2.05 bits per heavy atom. The van der Waals surface area contributed by atoms with Crippen molar-refractivity contribution >= 4 is 43.5 Å². The predicted molar refractivity (Wildman–Crippen MR) is 80.6 cm³/mol. The summed E-state index contributed by atoms with van der Waals surface area (Å²) in [5, 5.41) is 2.76. The van der Waals surface area contributed by atoms with Crippen molar-refractivity contribution in [3.63, 3.8) is 0 Å². The third-order valence-electron chi connectivity index (χ3n) is 2.39. The van der Waals surface area contributed by atoms with E-state index in [9.17, 15) is 4.79 Å². The summed E-state index contributed by atoms with van der Waals surface area (Å²) in [6.45, 7) is 0. The molecule has 2 aromatic rings. The third-order valence-corrected chi connectivity index (χ3v) is 3.35. The van der Waals surface area contributed by atoms with Crippen molar-refractivity contribution in [1.82, 2.24) is 4.98 Å². The maximum absolute atomic E-state index is 12.2. The molecule has 6 heteroatoms. The Morgan fingerprint density at radius 3 is 2.68 bits per heavy atom. The van der Waals surface area contributed by atoms with E-state index in [1.165, 1.54) is 7.11 Å². The molecule has 1 aromatic carbocycles. The number of amides is 1. The number of hydrogen-bond donors (Lipinski definition) is 1. The number of anilines is 1. The van der Waals surface area contributed by atoms with E-state index in [0.29, 0.717) is 21.6 Å². The van der Waals surface area contributed by atoms with E-state index < -0.39 is 0 Å². The summed E-state index contributed by atoms with van der Waals surface area (Å²) in [7, 11) is 1.53. The van der Waals surface area contributed by atoms with Crippen LogP contribution < -0.4 is 10.1 Å². The van der Waals surface area contributed by atoms with Crippen LogP contribution in [0, 0.1) is 0 Å². The lowest BCUT2D eigenvalue weighted by molar-refractivity contribution is 0.102. The number of halogens is 2. The van der Waals surface area contributed by atoms with Crippen LogP contribution >= 0.6 is 31.9 Å². The monoisotopic (exact) mass is 384 g/mol. The minimum Gasteiger partial charge on any atom is -0.496 e. The van der Waals surface area contributed by atoms with E-state index in [1.54, 1.807) is 30.5 Å². The fourth-order valence-electron chi connectivity index (χ4n) is 1.51. The minimum absolute atomic E-state index is 0.248. The fourth-order valence-corrected chi connectivity index (χ4v) is 2.10. The van der Waals surface area contributed by atoms with Crippen molar-refractivity contribution in [3.05, 3.63) is 51.2 Å². The molecule has 0 saturated carbocycles. The molecule has 1 N–H and O–H groups in total. The number of pyridine rings is 1. The van der Waals surface area contributed by atoms with Gasteiger partial charge >= 0.3 is 0 Å². The maximum atomic E-state index is 12.2. The number of rotatable bonds is 3. The second-order valence-corrected chi connectivity index (χ2v) is 5.40. The zero-order chi connectivity index (χ0) is 13.8. The van der Waals surface area contributed by atoms with Crippen LogP contribution in [-0.2, 0) is 0 Å². The Bertz CT molecular complexity index is 600. The summed E-state index contributed by atoms with van der Waals surface area (Å²) >= 11 is 6.57. The number of ether oxygens (including phenoxy) is 1. The number of aromatic nitrogens is 1. The molecule has 0 radical (unpaired) electrons. The second kappa shape index (κ2) is 6.16. The van der Waals surface area contributed by atoms with Crippen LogP contribution in [0.5, 0.6) is 5.75 Å². The Labute approximate surface area is 127 Å². The molecule has 4 nitrogen and oxygen atoms in total. The topological polar surface area (TPSA) is 51.2 Å². The molecule has 0 aliphatic rings. The van der Waals surface area contributed by atoms with Crippen molar-refractivity contribution in [2.24, 2.45) is 0 Å². The van der Waals surface area contributed by atoms with Crippen LogP contribution in [0.2, 0.25) is 0 Å². The normalized spacial score (nSPS) is 10.1. The molecular formula is C13H10Br2N2O2. The highest BCUT2D eigenvalue weighted by molar-refractivity contribution is 9.10. The molecule has 98 valence electrons. The van der Waals surface area contributed by atoms with Crippen LogP contribution in [-0.4, -0.2) is 18.0 Å². The zero-order valence-electron chi connectivity index (χ0n) is 9.98. The first-order valence-electron chi connectivity index (χ1n) is 5.36. The molecule has 0 fully saturated rings. The molecule has 2 rings (SSSR count). The van der Waals surface area contributed by atoms with E-state index in [0.717, 1.165) is 4.47 Å². The first-order valence-corrected chi connectivity index (χ1v) is 6.95. The summed E-state index contributed by atoms with van der Waals surface area (Å²) in [5.74, 6) is 0.271. The van der Waals surface area contributed by atoms with E-state index in [4.69, 9.17) is 4.74 Å². The van der Waals surface area contributed by atoms with Crippen molar-refractivity contribution < 1.29 is 9.53 Å². The number of carbonyl (C=O) groups excluding carboxylic acids is 1.